The highest BCUT2D eigenvalue weighted by Gasteiger charge is 2.32. The number of hydrogen-bond acceptors (Lipinski definition) is 3. The third kappa shape index (κ3) is 3.44. The van der Waals surface area contributed by atoms with Gasteiger partial charge in [-0.05, 0) is 12.1 Å². The Labute approximate surface area is 170 Å². The molecule has 2 aliphatic rings. The van der Waals surface area contributed by atoms with Gasteiger partial charge in [0.25, 0.3) is 5.91 Å². The van der Waals surface area contributed by atoms with Gasteiger partial charge in [0.1, 0.15) is 17.7 Å². The van der Waals surface area contributed by atoms with Crippen LogP contribution in [0.25, 0.3) is 10.9 Å². The van der Waals surface area contributed by atoms with E-state index in [1.165, 1.54) is 12.1 Å². The van der Waals surface area contributed by atoms with Gasteiger partial charge in [0.15, 0.2) is 0 Å². The molecule has 0 unspecified atom stereocenters. The fourth-order valence-corrected chi connectivity index (χ4v) is 4.21. The van der Waals surface area contributed by atoms with Crippen LogP contribution < -0.4 is 0 Å². The van der Waals surface area contributed by atoms with Crippen LogP contribution in [0.15, 0.2) is 12.1 Å². The standard InChI is InChI=1S/C18H18Cl2F2N4O2/c19-15-11(22)1-2-12-14(15)16(20)17(23-12)18(28)26-5-3-25(4-6-26)13(27)9-24-7-10(21)8-24/h1-2,10,23H,3-9H2. The number of H-pyrrole nitrogens is 1. The predicted molar refractivity (Wildman–Crippen MR) is 102 cm³/mol. The number of piperazine rings is 1. The molecular formula is C18H18Cl2F2N4O2. The zero-order valence-corrected chi connectivity index (χ0v) is 16.4. The van der Waals surface area contributed by atoms with Crippen molar-refractivity contribution < 1.29 is 18.4 Å². The topological polar surface area (TPSA) is 59.7 Å². The summed E-state index contributed by atoms with van der Waals surface area (Å²) in [4.78, 5) is 33.1. The summed E-state index contributed by atoms with van der Waals surface area (Å²) >= 11 is 12.3. The molecule has 2 aliphatic heterocycles. The van der Waals surface area contributed by atoms with E-state index in [-0.39, 0.29) is 39.5 Å². The second-order valence-electron chi connectivity index (χ2n) is 7.06. The van der Waals surface area contributed by atoms with E-state index in [1.807, 2.05) is 0 Å². The quantitative estimate of drug-likeness (QED) is 0.813. The van der Waals surface area contributed by atoms with Crippen molar-refractivity contribution in [1.82, 2.24) is 19.7 Å². The van der Waals surface area contributed by atoms with Crippen LogP contribution in [0.1, 0.15) is 10.5 Å². The van der Waals surface area contributed by atoms with E-state index in [0.29, 0.717) is 44.8 Å². The number of likely N-dealkylation sites (tertiary alicyclic amines) is 1. The summed E-state index contributed by atoms with van der Waals surface area (Å²) < 4.78 is 26.6. The van der Waals surface area contributed by atoms with Crippen molar-refractivity contribution in [2.45, 2.75) is 6.17 Å². The highest BCUT2D eigenvalue weighted by Crippen LogP contribution is 2.35. The van der Waals surface area contributed by atoms with Crippen molar-refractivity contribution >= 4 is 45.9 Å². The lowest BCUT2D eigenvalue weighted by molar-refractivity contribution is -0.135. The summed E-state index contributed by atoms with van der Waals surface area (Å²) in [6, 6.07) is 2.69. The monoisotopic (exact) mass is 430 g/mol. The van der Waals surface area contributed by atoms with E-state index in [0.717, 1.165) is 0 Å². The van der Waals surface area contributed by atoms with Crippen LogP contribution in [-0.2, 0) is 4.79 Å². The number of amides is 2. The molecule has 4 rings (SSSR count). The van der Waals surface area contributed by atoms with E-state index >= 15 is 0 Å². The molecule has 0 spiro atoms. The first kappa shape index (κ1) is 19.4. The van der Waals surface area contributed by atoms with Gasteiger partial charge in [-0.2, -0.15) is 0 Å². The molecule has 6 nitrogen and oxygen atoms in total. The lowest BCUT2D eigenvalue weighted by atomic mass is 10.2. The summed E-state index contributed by atoms with van der Waals surface area (Å²) in [5.41, 5.74) is 0.632. The van der Waals surface area contributed by atoms with Crippen LogP contribution in [-0.4, -0.2) is 83.5 Å². The Kier molecular flexibility index (Phi) is 5.20. The molecule has 0 atom stereocenters. The number of rotatable bonds is 3. The maximum atomic E-state index is 13.7. The van der Waals surface area contributed by atoms with Crippen LogP contribution in [0.4, 0.5) is 8.78 Å². The fourth-order valence-electron chi connectivity index (χ4n) is 3.58. The highest BCUT2D eigenvalue weighted by molar-refractivity contribution is 6.44. The van der Waals surface area contributed by atoms with Gasteiger partial charge in [0, 0.05) is 50.2 Å². The molecule has 1 aromatic heterocycles. The lowest BCUT2D eigenvalue weighted by Crippen LogP contribution is -2.56. The summed E-state index contributed by atoms with van der Waals surface area (Å²) in [6.07, 6.45) is -0.842. The molecule has 2 saturated heterocycles. The number of carbonyl (C=O) groups excluding carboxylic acids is 2. The minimum atomic E-state index is -0.842. The molecular weight excluding hydrogens is 413 g/mol. The second-order valence-corrected chi connectivity index (χ2v) is 7.82. The number of alkyl halides is 1. The number of nitrogens with zero attached hydrogens (tertiary/aromatic N) is 3. The molecule has 1 aromatic carbocycles. The number of hydrogen-bond donors (Lipinski definition) is 1. The molecule has 2 aromatic rings. The van der Waals surface area contributed by atoms with Gasteiger partial charge in [-0.1, -0.05) is 23.2 Å². The van der Waals surface area contributed by atoms with Crippen molar-refractivity contribution in [3.8, 4) is 0 Å². The third-order valence-electron chi connectivity index (χ3n) is 5.20. The predicted octanol–water partition coefficient (Wildman–Crippen LogP) is 2.55. The summed E-state index contributed by atoms with van der Waals surface area (Å²) in [7, 11) is 0. The Balaban J connectivity index is 1.42. The Morgan fingerprint density at radius 3 is 2.36 bits per heavy atom. The molecule has 2 fully saturated rings. The minimum absolute atomic E-state index is 0.0649. The van der Waals surface area contributed by atoms with Crippen LogP contribution in [0.3, 0.4) is 0 Å². The van der Waals surface area contributed by atoms with E-state index in [1.54, 1.807) is 14.7 Å². The largest absolute Gasteiger partial charge is 0.349 e. The smallest absolute Gasteiger partial charge is 0.271 e. The first-order chi connectivity index (χ1) is 13.3. The Morgan fingerprint density at radius 1 is 1.07 bits per heavy atom. The van der Waals surface area contributed by atoms with E-state index < -0.39 is 12.0 Å². The number of carbonyl (C=O) groups is 2. The average Bonchev–Trinajstić information content (AvgIpc) is 3.00. The number of fused-ring (bicyclic) bond motifs is 1. The fraction of sp³-hybridized carbons (Fsp3) is 0.444. The molecule has 150 valence electrons. The maximum absolute atomic E-state index is 13.7. The number of benzene rings is 1. The molecule has 10 heteroatoms. The first-order valence-electron chi connectivity index (χ1n) is 8.93. The Morgan fingerprint density at radius 2 is 1.71 bits per heavy atom. The molecule has 0 saturated carbocycles. The van der Waals surface area contributed by atoms with Crippen molar-refractivity contribution in [2.24, 2.45) is 0 Å². The first-order valence-corrected chi connectivity index (χ1v) is 9.69. The van der Waals surface area contributed by atoms with Crippen molar-refractivity contribution in [1.29, 1.82) is 0 Å². The number of aromatic amines is 1. The SMILES string of the molecule is O=C(CN1CC(F)C1)N1CCN(C(=O)c2[nH]c3ccc(F)c(Cl)c3c2Cl)CC1. The number of nitrogens with one attached hydrogen (secondary N) is 1. The van der Waals surface area contributed by atoms with Crippen LogP contribution in [0.2, 0.25) is 10.0 Å². The van der Waals surface area contributed by atoms with Crippen molar-refractivity contribution in [3.05, 3.63) is 33.7 Å². The Bertz CT molecular complexity index is 937. The van der Waals surface area contributed by atoms with Crippen molar-refractivity contribution in [3.63, 3.8) is 0 Å². The Hall–Kier alpha value is -1.90. The number of aromatic nitrogens is 1. The van der Waals surface area contributed by atoms with Gasteiger partial charge >= 0.3 is 0 Å². The zero-order chi connectivity index (χ0) is 20.0. The molecule has 0 aliphatic carbocycles. The van der Waals surface area contributed by atoms with Gasteiger partial charge in [-0.25, -0.2) is 8.78 Å². The molecule has 28 heavy (non-hydrogen) atoms. The molecule has 0 radical (unpaired) electrons. The third-order valence-corrected chi connectivity index (χ3v) is 5.95. The minimum Gasteiger partial charge on any atom is -0.349 e. The van der Waals surface area contributed by atoms with Crippen LogP contribution >= 0.6 is 23.2 Å². The summed E-state index contributed by atoms with van der Waals surface area (Å²) in [6.45, 7) is 2.29. The van der Waals surface area contributed by atoms with Gasteiger partial charge in [-0.3, -0.25) is 14.5 Å². The van der Waals surface area contributed by atoms with Gasteiger partial charge in [-0.15, -0.1) is 0 Å². The maximum Gasteiger partial charge on any atom is 0.271 e. The molecule has 1 N–H and O–H groups in total. The van der Waals surface area contributed by atoms with Crippen LogP contribution in [0.5, 0.6) is 0 Å². The zero-order valence-electron chi connectivity index (χ0n) is 14.9. The summed E-state index contributed by atoms with van der Waals surface area (Å²) in [5.74, 6) is -1.000. The lowest BCUT2D eigenvalue weighted by Gasteiger charge is -2.38. The summed E-state index contributed by atoms with van der Waals surface area (Å²) in [5, 5.41) is 0.234. The molecule has 2 amide bonds. The van der Waals surface area contributed by atoms with E-state index in [9.17, 15) is 18.4 Å². The molecule has 0 bridgehead atoms. The van der Waals surface area contributed by atoms with Gasteiger partial charge < -0.3 is 14.8 Å². The van der Waals surface area contributed by atoms with Crippen molar-refractivity contribution in [2.75, 3.05) is 45.8 Å². The van der Waals surface area contributed by atoms with E-state index in [2.05, 4.69) is 4.98 Å². The average molecular weight is 431 g/mol. The second kappa shape index (κ2) is 7.50. The normalized spacial score (nSPS) is 18.6. The van der Waals surface area contributed by atoms with Crippen LogP contribution in [0, 0.1) is 5.82 Å². The van der Waals surface area contributed by atoms with E-state index in [4.69, 9.17) is 23.2 Å². The van der Waals surface area contributed by atoms with Gasteiger partial charge in [0.2, 0.25) is 5.91 Å². The van der Waals surface area contributed by atoms with Gasteiger partial charge in [0.05, 0.1) is 16.6 Å². The molecule has 3 heterocycles. The number of halogens is 4. The highest BCUT2D eigenvalue weighted by atomic mass is 35.5.